The average Bonchev–Trinajstić information content (AvgIpc) is 3.12. The highest BCUT2D eigenvalue weighted by molar-refractivity contribution is 6.31. The Kier molecular flexibility index (Phi) is 5.65. The molecule has 2 heterocycles. The number of carbonyl (C=O) groups excluding carboxylic acids is 1. The maximum atomic E-state index is 12.4. The number of nitrogens with zero attached hydrogens (tertiary/aromatic N) is 2. The first-order valence-corrected chi connectivity index (χ1v) is 8.99. The molecule has 0 spiro atoms. The molecule has 2 aromatic rings. The van der Waals surface area contributed by atoms with Crippen molar-refractivity contribution < 1.29 is 9.21 Å². The second-order valence-electron chi connectivity index (χ2n) is 6.31. The van der Waals surface area contributed by atoms with Crippen LogP contribution in [0.25, 0.3) is 6.08 Å². The number of nitrogens with one attached hydrogen (secondary N) is 1. The SMILES string of the molecule is Cc1ccc(NC(=O)/C(C#N)=C\c2ccc(N3CCCCC3)o2)cc1Cl. The van der Waals surface area contributed by atoms with Gasteiger partial charge in [-0.2, -0.15) is 5.26 Å². The predicted molar refractivity (Wildman–Crippen MR) is 103 cm³/mol. The topological polar surface area (TPSA) is 69.3 Å². The van der Waals surface area contributed by atoms with Crippen molar-refractivity contribution in [3.8, 4) is 6.07 Å². The van der Waals surface area contributed by atoms with Crippen molar-refractivity contribution in [1.82, 2.24) is 0 Å². The van der Waals surface area contributed by atoms with E-state index in [2.05, 4.69) is 10.2 Å². The van der Waals surface area contributed by atoms with Crippen LogP contribution in [0.4, 0.5) is 11.6 Å². The molecule has 0 bridgehead atoms. The number of hydrogen-bond donors (Lipinski definition) is 1. The molecule has 1 aromatic heterocycles. The molecule has 134 valence electrons. The van der Waals surface area contributed by atoms with E-state index in [9.17, 15) is 10.1 Å². The molecule has 5 nitrogen and oxygen atoms in total. The minimum absolute atomic E-state index is 0.0266. The van der Waals surface area contributed by atoms with Crippen LogP contribution in [0, 0.1) is 18.3 Å². The first-order chi connectivity index (χ1) is 12.6. The largest absolute Gasteiger partial charge is 0.441 e. The second-order valence-corrected chi connectivity index (χ2v) is 6.72. The number of amides is 1. The summed E-state index contributed by atoms with van der Waals surface area (Å²) in [6.07, 6.45) is 5.00. The van der Waals surface area contributed by atoms with Crippen molar-refractivity contribution in [1.29, 1.82) is 5.26 Å². The van der Waals surface area contributed by atoms with Gasteiger partial charge in [0.25, 0.3) is 5.91 Å². The van der Waals surface area contributed by atoms with E-state index in [0.717, 1.165) is 37.4 Å². The van der Waals surface area contributed by atoms with Gasteiger partial charge in [0.2, 0.25) is 0 Å². The Morgan fingerprint density at radius 2 is 2.04 bits per heavy atom. The van der Waals surface area contributed by atoms with Crippen molar-refractivity contribution in [2.24, 2.45) is 0 Å². The number of carbonyl (C=O) groups is 1. The van der Waals surface area contributed by atoms with E-state index in [-0.39, 0.29) is 5.57 Å². The minimum Gasteiger partial charge on any atom is -0.441 e. The molecule has 26 heavy (non-hydrogen) atoms. The number of benzene rings is 1. The van der Waals surface area contributed by atoms with Gasteiger partial charge >= 0.3 is 0 Å². The molecule has 1 N–H and O–H groups in total. The summed E-state index contributed by atoms with van der Waals surface area (Å²) in [5, 5.41) is 12.6. The van der Waals surface area contributed by atoms with Crippen LogP contribution in [0.2, 0.25) is 5.02 Å². The summed E-state index contributed by atoms with van der Waals surface area (Å²) in [5.41, 5.74) is 1.43. The summed E-state index contributed by atoms with van der Waals surface area (Å²) in [5.74, 6) is 0.765. The van der Waals surface area contributed by atoms with Crippen LogP contribution in [0.15, 0.2) is 40.3 Å². The molecular formula is C20H20ClN3O2. The van der Waals surface area contributed by atoms with E-state index in [0.29, 0.717) is 16.5 Å². The van der Waals surface area contributed by atoms with E-state index in [4.69, 9.17) is 16.0 Å². The van der Waals surface area contributed by atoms with Gasteiger partial charge in [0.05, 0.1) is 0 Å². The van der Waals surface area contributed by atoms with E-state index >= 15 is 0 Å². The van der Waals surface area contributed by atoms with Crippen LogP contribution in [0.3, 0.4) is 0 Å². The first-order valence-electron chi connectivity index (χ1n) is 8.61. The smallest absolute Gasteiger partial charge is 0.266 e. The molecular weight excluding hydrogens is 350 g/mol. The van der Waals surface area contributed by atoms with Gasteiger partial charge in [-0.15, -0.1) is 0 Å². The molecule has 0 saturated carbocycles. The Labute approximate surface area is 157 Å². The van der Waals surface area contributed by atoms with Crippen LogP contribution in [0.5, 0.6) is 0 Å². The lowest BCUT2D eigenvalue weighted by atomic mass is 10.1. The van der Waals surface area contributed by atoms with Crippen molar-refractivity contribution in [2.45, 2.75) is 26.2 Å². The molecule has 0 unspecified atom stereocenters. The van der Waals surface area contributed by atoms with E-state index < -0.39 is 5.91 Å². The van der Waals surface area contributed by atoms with Crippen LogP contribution >= 0.6 is 11.6 Å². The van der Waals surface area contributed by atoms with Gasteiger partial charge in [0, 0.05) is 35.9 Å². The Hall–Kier alpha value is -2.71. The highest BCUT2D eigenvalue weighted by Crippen LogP contribution is 2.24. The maximum absolute atomic E-state index is 12.4. The molecule has 0 radical (unpaired) electrons. The highest BCUT2D eigenvalue weighted by atomic mass is 35.5. The number of furan rings is 1. The molecule has 0 atom stereocenters. The summed E-state index contributed by atoms with van der Waals surface area (Å²) < 4.78 is 5.79. The fourth-order valence-electron chi connectivity index (χ4n) is 2.86. The lowest BCUT2D eigenvalue weighted by Crippen LogP contribution is -2.28. The third-order valence-electron chi connectivity index (χ3n) is 4.36. The van der Waals surface area contributed by atoms with Crippen LogP contribution < -0.4 is 10.2 Å². The Bertz CT molecular complexity index is 873. The van der Waals surface area contributed by atoms with Gasteiger partial charge in [-0.3, -0.25) is 4.79 Å². The summed E-state index contributed by atoms with van der Waals surface area (Å²) in [7, 11) is 0. The number of piperidine rings is 1. The lowest BCUT2D eigenvalue weighted by molar-refractivity contribution is -0.112. The van der Waals surface area contributed by atoms with Crippen LogP contribution in [-0.4, -0.2) is 19.0 Å². The van der Waals surface area contributed by atoms with E-state index in [1.54, 1.807) is 18.2 Å². The highest BCUT2D eigenvalue weighted by Gasteiger charge is 2.15. The number of nitriles is 1. The van der Waals surface area contributed by atoms with Crippen molar-refractivity contribution in [2.75, 3.05) is 23.3 Å². The second kappa shape index (κ2) is 8.11. The molecule has 1 aromatic carbocycles. The predicted octanol–water partition coefficient (Wildman–Crippen LogP) is 4.78. The lowest BCUT2D eigenvalue weighted by Gasteiger charge is -2.25. The zero-order valence-electron chi connectivity index (χ0n) is 14.6. The number of aryl methyl sites for hydroxylation is 1. The van der Waals surface area contributed by atoms with Gasteiger partial charge in [-0.1, -0.05) is 17.7 Å². The van der Waals surface area contributed by atoms with Gasteiger partial charge in [-0.25, -0.2) is 0 Å². The van der Waals surface area contributed by atoms with Crippen LogP contribution in [-0.2, 0) is 4.79 Å². The molecule has 6 heteroatoms. The summed E-state index contributed by atoms with van der Waals surface area (Å²) in [6, 6.07) is 10.8. The molecule has 0 aliphatic carbocycles. The summed E-state index contributed by atoms with van der Waals surface area (Å²) >= 11 is 6.07. The van der Waals surface area contributed by atoms with Gasteiger partial charge in [0.15, 0.2) is 5.88 Å². The number of rotatable bonds is 4. The fraction of sp³-hybridized carbons (Fsp3) is 0.300. The normalized spacial score (nSPS) is 14.8. The zero-order valence-corrected chi connectivity index (χ0v) is 15.3. The fourth-order valence-corrected chi connectivity index (χ4v) is 3.04. The van der Waals surface area contributed by atoms with Gasteiger partial charge < -0.3 is 14.6 Å². The molecule has 3 rings (SSSR count). The minimum atomic E-state index is -0.497. The monoisotopic (exact) mass is 369 g/mol. The Morgan fingerprint density at radius 3 is 2.73 bits per heavy atom. The molecule has 1 aliphatic heterocycles. The number of hydrogen-bond acceptors (Lipinski definition) is 4. The summed E-state index contributed by atoms with van der Waals surface area (Å²) in [4.78, 5) is 14.5. The Balaban J connectivity index is 1.73. The van der Waals surface area contributed by atoms with E-state index in [1.165, 1.54) is 12.5 Å². The molecule has 1 amide bonds. The first kappa shape index (κ1) is 18.1. The zero-order chi connectivity index (χ0) is 18.5. The maximum Gasteiger partial charge on any atom is 0.266 e. The third kappa shape index (κ3) is 4.27. The van der Waals surface area contributed by atoms with Gasteiger partial charge in [0.1, 0.15) is 17.4 Å². The van der Waals surface area contributed by atoms with Crippen molar-refractivity contribution >= 4 is 35.2 Å². The molecule has 1 saturated heterocycles. The van der Waals surface area contributed by atoms with Gasteiger partial charge in [-0.05, 0) is 49.9 Å². The number of anilines is 2. The van der Waals surface area contributed by atoms with Crippen LogP contribution in [0.1, 0.15) is 30.6 Å². The average molecular weight is 370 g/mol. The standard InChI is InChI=1S/C20H20ClN3O2/c1-14-5-6-16(12-18(14)21)23-20(25)15(13-22)11-17-7-8-19(26-17)24-9-3-2-4-10-24/h5-8,11-12H,2-4,9-10H2,1H3,(H,23,25)/b15-11-. The summed E-state index contributed by atoms with van der Waals surface area (Å²) in [6.45, 7) is 3.82. The van der Waals surface area contributed by atoms with Crippen molar-refractivity contribution in [3.63, 3.8) is 0 Å². The third-order valence-corrected chi connectivity index (χ3v) is 4.77. The number of halogens is 1. The molecule has 1 fully saturated rings. The molecule has 1 aliphatic rings. The Morgan fingerprint density at radius 1 is 1.27 bits per heavy atom. The van der Waals surface area contributed by atoms with E-state index in [1.807, 2.05) is 25.1 Å². The van der Waals surface area contributed by atoms with Crippen molar-refractivity contribution in [3.05, 3.63) is 52.3 Å². The quantitative estimate of drug-likeness (QED) is 0.622.